The van der Waals surface area contributed by atoms with Gasteiger partial charge in [0.15, 0.2) is 0 Å². The Morgan fingerprint density at radius 1 is 1.42 bits per heavy atom. The molecule has 3 nitrogen and oxygen atoms in total. The molecule has 0 saturated heterocycles. The molecule has 5 heteroatoms. The largest absolute Gasteiger partial charge is 0.326 e. The lowest BCUT2D eigenvalue weighted by Gasteiger charge is -2.24. The summed E-state index contributed by atoms with van der Waals surface area (Å²) in [5, 5.41) is 4.89. The number of benzene rings is 1. The number of nitrogens with two attached hydrogens (primary N) is 1. The zero-order valence-electron chi connectivity index (χ0n) is 11.0. The Kier molecular flexibility index (Phi) is 4.22. The van der Waals surface area contributed by atoms with Gasteiger partial charge in [0, 0.05) is 17.8 Å². The van der Waals surface area contributed by atoms with E-state index < -0.39 is 0 Å². The minimum absolute atomic E-state index is 0.229. The third-order valence-electron chi connectivity index (χ3n) is 3.24. The number of nitrogens with zero attached hydrogens (tertiary/aromatic N) is 2. The van der Waals surface area contributed by atoms with E-state index in [9.17, 15) is 4.39 Å². The van der Waals surface area contributed by atoms with Gasteiger partial charge >= 0.3 is 0 Å². The minimum Gasteiger partial charge on any atom is -0.326 e. The van der Waals surface area contributed by atoms with Crippen LogP contribution in [0.25, 0.3) is 0 Å². The quantitative estimate of drug-likeness (QED) is 0.934. The molecule has 0 spiro atoms. The lowest BCUT2D eigenvalue weighted by molar-refractivity contribution is 0.407. The molecule has 0 aliphatic carbocycles. The highest BCUT2D eigenvalue weighted by molar-refractivity contribution is 6.31. The van der Waals surface area contributed by atoms with E-state index in [0.29, 0.717) is 16.3 Å². The average molecular weight is 282 g/mol. The molecular weight excluding hydrogens is 265 g/mol. The summed E-state index contributed by atoms with van der Waals surface area (Å²) in [4.78, 5) is 0. The standard InChI is InChI=1S/C14H17ClFN3/c1-3-13(17)14(10-6-4-5-7-12(10)16)19-8-11(15)9(2)18-19/h4-8,13-14H,3,17H2,1-2H3. The van der Waals surface area contributed by atoms with Crippen molar-refractivity contribution < 1.29 is 4.39 Å². The van der Waals surface area contributed by atoms with Crippen LogP contribution in [0.1, 0.15) is 30.6 Å². The molecule has 0 aliphatic heterocycles. The van der Waals surface area contributed by atoms with Crippen LogP contribution in [0.5, 0.6) is 0 Å². The Morgan fingerprint density at radius 3 is 2.63 bits per heavy atom. The van der Waals surface area contributed by atoms with Crippen molar-refractivity contribution >= 4 is 11.6 Å². The molecule has 0 radical (unpaired) electrons. The van der Waals surface area contributed by atoms with Crippen molar-refractivity contribution in [2.24, 2.45) is 5.73 Å². The Balaban J connectivity index is 2.51. The van der Waals surface area contributed by atoms with Crippen LogP contribution in [0, 0.1) is 12.7 Å². The topological polar surface area (TPSA) is 43.8 Å². The van der Waals surface area contributed by atoms with Gasteiger partial charge in [0.1, 0.15) is 5.82 Å². The summed E-state index contributed by atoms with van der Waals surface area (Å²) in [6.07, 6.45) is 2.42. The molecule has 2 N–H and O–H groups in total. The van der Waals surface area contributed by atoms with Gasteiger partial charge in [-0.05, 0) is 19.4 Å². The molecule has 0 amide bonds. The van der Waals surface area contributed by atoms with E-state index in [2.05, 4.69) is 5.10 Å². The fourth-order valence-corrected chi connectivity index (χ4v) is 2.25. The lowest BCUT2D eigenvalue weighted by atomic mass is 9.98. The first kappa shape index (κ1) is 14.0. The van der Waals surface area contributed by atoms with Crippen molar-refractivity contribution in [3.63, 3.8) is 0 Å². The molecule has 2 unspecified atom stereocenters. The highest BCUT2D eigenvalue weighted by Gasteiger charge is 2.24. The molecule has 2 atom stereocenters. The van der Waals surface area contributed by atoms with Gasteiger partial charge in [-0.2, -0.15) is 5.10 Å². The first-order valence-electron chi connectivity index (χ1n) is 6.25. The number of hydrogen-bond acceptors (Lipinski definition) is 2. The number of aromatic nitrogens is 2. The van der Waals surface area contributed by atoms with Gasteiger partial charge in [-0.1, -0.05) is 36.7 Å². The third-order valence-corrected chi connectivity index (χ3v) is 3.61. The van der Waals surface area contributed by atoms with Gasteiger partial charge in [0.25, 0.3) is 0 Å². The first-order valence-corrected chi connectivity index (χ1v) is 6.63. The summed E-state index contributed by atoms with van der Waals surface area (Å²) >= 11 is 6.03. The van der Waals surface area contributed by atoms with Crippen molar-refractivity contribution in [2.75, 3.05) is 0 Å². The molecule has 1 aromatic carbocycles. The van der Waals surface area contributed by atoms with Crippen molar-refractivity contribution in [1.29, 1.82) is 0 Å². The molecule has 102 valence electrons. The van der Waals surface area contributed by atoms with Gasteiger partial charge in [0.2, 0.25) is 0 Å². The second kappa shape index (κ2) is 5.72. The molecule has 0 bridgehead atoms. The van der Waals surface area contributed by atoms with Crippen molar-refractivity contribution in [3.05, 3.63) is 52.6 Å². The van der Waals surface area contributed by atoms with Crippen molar-refractivity contribution in [2.45, 2.75) is 32.4 Å². The fourth-order valence-electron chi connectivity index (χ4n) is 2.11. The molecule has 0 aliphatic rings. The number of hydrogen-bond donors (Lipinski definition) is 1. The highest BCUT2D eigenvalue weighted by atomic mass is 35.5. The van der Waals surface area contributed by atoms with E-state index in [4.69, 9.17) is 17.3 Å². The number of aryl methyl sites for hydroxylation is 1. The monoisotopic (exact) mass is 281 g/mol. The summed E-state index contributed by atoms with van der Waals surface area (Å²) in [6, 6.07) is 6.05. The molecule has 2 rings (SSSR count). The van der Waals surface area contributed by atoms with Crippen LogP contribution < -0.4 is 5.73 Å². The summed E-state index contributed by atoms with van der Waals surface area (Å²) < 4.78 is 15.7. The Bertz CT molecular complexity index is 548. The van der Waals surface area contributed by atoms with E-state index in [1.165, 1.54) is 6.07 Å². The molecule has 1 aromatic heterocycles. The van der Waals surface area contributed by atoms with Crippen LogP contribution in [0.2, 0.25) is 5.02 Å². The summed E-state index contributed by atoms with van der Waals surface area (Å²) in [5.74, 6) is -0.277. The van der Waals surface area contributed by atoms with Crippen LogP contribution in [0.4, 0.5) is 4.39 Å². The average Bonchev–Trinajstić information content (AvgIpc) is 2.71. The highest BCUT2D eigenvalue weighted by Crippen LogP contribution is 2.27. The zero-order valence-corrected chi connectivity index (χ0v) is 11.7. The maximum Gasteiger partial charge on any atom is 0.128 e. The van der Waals surface area contributed by atoms with Crippen molar-refractivity contribution in [1.82, 2.24) is 9.78 Å². The molecule has 0 saturated carbocycles. The second-order valence-corrected chi connectivity index (χ2v) is 4.99. The number of rotatable bonds is 4. The fraction of sp³-hybridized carbons (Fsp3) is 0.357. The van der Waals surface area contributed by atoms with Crippen LogP contribution in [0.3, 0.4) is 0 Å². The van der Waals surface area contributed by atoms with E-state index in [1.54, 1.807) is 29.1 Å². The molecular formula is C14H17ClFN3. The van der Waals surface area contributed by atoms with Crippen molar-refractivity contribution in [3.8, 4) is 0 Å². The predicted molar refractivity (Wildman–Crippen MR) is 74.8 cm³/mol. The van der Waals surface area contributed by atoms with Gasteiger partial charge in [0.05, 0.1) is 16.8 Å². The van der Waals surface area contributed by atoms with Crippen LogP contribution in [0.15, 0.2) is 30.5 Å². The maximum atomic E-state index is 14.0. The molecule has 19 heavy (non-hydrogen) atoms. The van der Waals surface area contributed by atoms with E-state index in [0.717, 1.165) is 6.42 Å². The first-order chi connectivity index (χ1) is 9.04. The Morgan fingerprint density at radius 2 is 2.11 bits per heavy atom. The van der Waals surface area contributed by atoms with Gasteiger partial charge in [-0.25, -0.2) is 4.39 Å². The summed E-state index contributed by atoms with van der Waals surface area (Å²) in [7, 11) is 0. The van der Waals surface area contributed by atoms with Crippen LogP contribution in [-0.4, -0.2) is 15.8 Å². The predicted octanol–water partition coefficient (Wildman–Crippen LogP) is 3.31. The van der Waals surface area contributed by atoms with Gasteiger partial charge in [-0.3, -0.25) is 4.68 Å². The van der Waals surface area contributed by atoms with E-state index in [1.807, 2.05) is 13.8 Å². The Hall–Kier alpha value is -1.39. The minimum atomic E-state index is -0.350. The summed E-state index contributed by atoms with van der Waals surface area (Å²) in [5.41, 5.74) is 7.39. The normalized spacial score (nSPS) is 14.4. The van der Waals surface area contributed by atoms with Crippen LogP contribution >= 0.6 is 11.6 Å². The van der Waals surface area contributed by atoms with E-state index in [-0.39, 0.29) is 17.9 Å². The van der Waals surface area contributed by atoms with Gasteiger partial charge in [-0.15, -0.1) is 0 Å². The molecule has 1 heterocycles. The SMILES string of the molecule is CCC(N)C(c1ccccc1F)n1cc(Cl)c(C)n1. The lowest BCUT2D eigenvalue weighted by Crippen LogP contribution is -2.33. The maximum absolute atomic E-state index is 14.0. The van der Waals surface area contributed by atoms with Crippen LogP contribution in [-0.2, 0) is 0 Å². The molecule has 0 fully saturated rings. The van der Waals surface area contributed by atoms with Gasteiger partial charge < -0.3 is 5.73 Å². The third kappa shape index (κ3) is 2.80. The Labute approximate surface area is 117 Å². The smallest absolute Gasteiger partial charge is 0.128 e. The summed E-state index contributed by atoms with van der Waals surface area (Å²) in [6.45, 7) is 3.78. The molecule has 2 aromatic rings. The number of halogens is 2. The second-order valence-electron chi connectivity index (χ2n) is 4.58. The van der Waals surface area contributed by atoms with E-state index >= 15 is 0 Å². The zero-order chi connectivity index (χ0) is 14.0.